The third-order valence-electron chi connectivity index (χ3n) is 6.53. The maximum absolute atomic E-state index is 5.94. The maximum atomic E-state index is 5.94. The van der Waals surface area contributed by atoms with E-state index in [0.29, 0.717) is 24.1 Å². The second-order valence-corrected chi connectivity index (χ2v) is 8.81. The molecular formula is C20H34N6O. The van der Waals surface area contributed by atoms with Gasteiger partial charge >= 0.3 is 0 Å². The molecule has 3 aliphatic rings. The summed E-state index contributed by atoms with van der Waals surface area (Å²) in [7, 11) is 1.97. The Morgan fingerprint density at radius 1 is 1.37 bits per heavy atom. The van der Waals surface area contributed by atoms with E-state index in [1.54, 1.807) is 0 Å². The summed E-state index contributed by atoms with van der Waals surface area (Å²) in [5.74, 6) is 1.57. The van der Waals surface area contributed by atoms with Gasteiger partial charge in [0.1, 0.15) is 0 Å². The van der Waals surface area contributed by atoms with Gasteiger partial charge in [-0.1, -0.05) is 13.8 Å². The van der Waals surface area contributed by atoms with E-state index in [0.717, 1.165) is 38.6 Å². The number of anilines is 1. The predicted molar refractivity (Wildman–Crippen MR) is 108 cm³/mol. The normalized spacial score (nSPS) is 32.7. The van der Waals surface area contributed by atoms with E-state index in [1.165, 1.54) is 18.5 Å². The van der Waals surface area contributed by atoms with Crippen LogP contribution in [0.25, 0.3) is 0 Å². The average Bonchev–Trinajstić information content (AvgIpc) is 3.28. The van der Waals surface area contributed by atoms with Gasteiger partial charge in [0.15, 0.2) is 5.96 Å². The quantitative estimate of drug-likeness (QED) is 0.621. The summed E-state index contributed by atoms with van der Waals surface area (Å²) in [5, 5.41) is 11.8. The number of aliphatic imine (C=N–C) groups is 1. The summed E-state index contributed by atoms with van der Waals surface area (Å²) in [6, 6.07) is 0.830. The molecule has 3 heterocycles. The third-order valence-corrected chi connectivity index (χ3v) is 6.53. The van der Waals surface area contributed by atoms with E-state index < -0.39 is 0 Å². The first-order chi connectivity index (χ1) is 13.0. The highest BCUT2D eigenvalue weighted by molar-refractivity contribution is 5.81. The van der Waals surface area contributed by atoms with Crippen molar-refractivity contribution in [2.45, 2.75) is 58.2 Å². The van der Waals surface area contributed by atoms with Crippen molar-refractivity contribution in [2.24, 2.45) is 23.4 Å². The molecule has 1 aliphatic carbocycles. The van der Waals surface area contributed by atoms with Gasteiger partial charge in [-0.25, -0.2) is 0 Å². The molecule has 2 N–H and O–H groups in total. The summed E-state index contributed by atoms with van der Waals surface area (Å²) in [4.78, 5) is 7.16. The van der Waals surface area contributed by atoms with Crippen LogP contribution in [0.3, 0.4) is 0 Å². The fraction of sp³-hybridized carbons (Fsp3) is 0.800. The number of aryl methyl sites for hydroxylation is 1. The molecular weight excluding hydrogens is 340 g/mol. The number of nitrogens with zero attached hydrogens (tertiary/aromatic N) is 4. The van der Waals surface area contributed by atoms with Gasteiger partial charge in [0.2, 0.25) is 0 Å². The van der Waals surface area contributed by atoms with Crippen molar-refractivity contribution in [1.29, 1.82) is 0 Å². The number of fused-ring (bicyclic) bond motifs is 1. The van der Waals surface area contributed by atoms with E-state index in [1.807, 2.05) is 17.9 Å². The molecule has 0 spiro atoms. The van der Waals surface area contributed by atoms with E-state index in [-0.39, 0.29) is 5.41 Å². The zero-order valence-corrected chi connectivity index (χ0v) is 17.1. The van der Waals surface area contributed by atoms with E-state index in [2.05, 4.69) is 47.6 Å². The van der Waals surface area contributed by atoms with Crippen molar-refractivity contribution in [3.8, 4) is 0 Å². The van der Waals surface area contributed by atoms with Crippen LogP contribution < -0.4 is 15.5 Å². The minimum atomic E-state index is 0.158. The molecule has 0 bridgehead atoms. The lowest BCUT2D eigenvalue weighted by Gasteiger charge is -2.55. The van der Waals surface area contributed by atoms with E-state index in [9.17, 15) is 0 Å². The molecule has 150 valence electrons. The van der Waals surface area contributed by atoms with Gasteiger partial charge in [0.05, 0.1) is 18.0 Å². The van der Waals surface area contributed by atoms with Crippen LogP contribution in [0.15, 0.2) is 17.4 Å². The molecule has 7 heteroatoms. The van der Waals surface area contributed by atoms with E-state index >= 15 is 0 Å². The molecule has 4 unspecified atom stereocenters. The lowest BCUT2D eigenvalue weighted by molar-refractivity contribution is -0.106. The van der Waals surface area contributed by atoms with Crippen LogP contribution >= 0.6 is 0 Å². The van der Waals surface area contributed by atoms with Gasteiger partial charge in [-0.3, -0.25) is 9.67 Å². The monoisotopic (exact) mass is 374 g/mol. The largest absolute Gasteiger partial charge is 0.377 e. The van der Waals surface area contributed by atoms with E-state index in [4.69, 9.17) is 9.73 Å². The summed E-state index contributed by atoms with van der Waals surface area (Å²) in [6.07, 6.45) is 7.96. The van der Waals surface area contributed by atoms with Gasteiger partial charge < -0.3 is 20.3 Å². The minimum absolute atomic E-state index is 0.158. The number of guanidine groups is 1. The van der Waals surface area contributed by atoms with Gasteiger partial charge in [-0.15, -0.1) is 0 Å². The SMILES string of the molecule is CCN=C(NC1CCCN(c2cnn(C)c2)C1)NC1C2CCOC2C1(C)C. The average molecular weight is 375 g/mol. The number of hydrogen-bond donors (Lipinski definition) is 2. The van der Waals surface area contributed by atoms with Crippen LogP contribution in [0.1, 0.15) is 40.0 Å². The summed E-state index contributed by atoms with van der Waals surface area (Å²) in [6.45, 7) is 10.5. The van der Waals surface area contributed by atoms with Gasteiger partial charge in [-0.05, 0) is 26.2 Å². The molecule has 7 nitrogen and oxygen atoms in total. The number of ether oxygens (including phenoxy) is 1. The molecule has 1 aromatic rings. The van der Waals surface area contributed by atoms with Crippen molar-refractivity contribution >= 4 is 11.6 Å². The Kier molecular flexibility index (Phi) is 5.05. The maximum Gasteiger partial charge on any atom is 0.191 e. The minimum Gasteiger partial charge on any atom is -0.377 e. The highest BCUT2D eigenvalue weighted by Crippen LogP contribution is 2.52. The molecule has 4 rings (SSSR count). The Morgan fingerprint density at radius 3 is 2.96 bits per heavy atom. The lowest BCUT2D eigenvalue weighted by Crippen LogP contribution is -2.68. The number of piperidine rings is 1. The fourth-order valence-corrected chi connectivity index (χ4v) is 5.15. The number of nitrogens with one attached hydrogen (secondary N) is 2. The van der Waals surface area contributed by atoms with Gasteiger partial charge in [0, 0.05) is 62.9 Å². The second-order valence-electron chi connectivity index (χ2n) is 8.81. The van der Waals surface area contributed by atoms with Crippen molar-refractivity contribution in [2.75, 3.05) is 31.1 Å². The first-order valence-corrected chi connectivity index (χ1v) is 10.4. The standard InChI is InChI=1S/C20H34N6O/c1-5-21-19(24-17-16-8-10-27-18(16)20(17,2)3)23-14-7-6-9-26(12-14)15-11-22-25(4)13-15/h11,13-14,16-18H,5-10,12H2,1-4H3,(H2,21,23,24). The molecule has 27 heavy (non-hydrogen) atoms. The van der Waals surface area contributed by atoms with Crippen LogP contribution in [-0.4, -0.2) is 60.2 Å². The van der Waals surface area contributed by atoms with Gasteiger partial charge in [0.25, 0.3) is 0 Å². The topological polar surface area (TPSA) is 66.7 Å². The smallest absolute Gasteiger partial charge is 0.191 e. The predicted octanol–water partition coefficient (Wildman–Crippen LogP) is 1.76. The Hall–Kier alpha value is -1.76. The molecule has 3 fully saturated rings. The highest BCUT2D eigenvalue weighted by Gasteiger charge is 2.59. The first-order valence-electron chi connectivity index (χ1n) is 10.4. The Labute approximate surface area is 162 Å². The van der Waals surface area contributed by atoms with Crippen molar-refractivity contribution < 1.29 is 4.74 Å². The van der Waals surface area contributed by atoms with Crippen LogP contribution in [0.2, 0.25) is 0 Å². The van der Waals surface area contributed by atoms with Crippen LogP contribution in [0.5, 0.6) is 0 Å². The Morgan fingerprint density at radius 2 is 2.22 bits per heavy atom. The Bertz CT molecular complexity index is 684. The van der Waals surface area contributed by atoms with Crippen molar-refractivity contribution in [3.63, 3.8) is 0 Å². The number of hydrogen-bond acceptors (Lipinski definition) is 4. The first kappa shape index (κ1) is 18.6. The van der Waals surface area contributed by atoms with Crippen LogP contribution in [-0.2, 0) is 11.8 Å². The third kappa shape index (κ3) is 3.53. The second kappa shape index (κ2) is 7.34. The zero-order valence-electron chi connectivity index (χ0n) is 17.1. The van der Waals surface area contributed by atoms with Crippen molar-refractivity contribution in [1.82, 2.24) is 20.4 Å². The van der Waals surface area contributed by atoms with Crippen LogP contribution in [0, 0.1) is 11.3 Å². The molecule has 1 aromatic heterocycles. The molecule has 0 amide bonds. The lowest BCUT2D eigenvalue weighted by atomic mass is 9.57. The molecule has 2 saturated heterocycles. The molecule has 2 aliphatic heterocycles. The summed E-state index contributed by atoms with van der Waals surface area (Å²) in [5.41, 5.74) is 1.36. The van der Waals surface area contributed by atoms with Gasteiger partial charge in [-0.2, -0.15) is 5.10 Å². The summed E-state index contributed by atoms with van der Waals surface area (Å²) < 4.78 is 7.81. The molecule has 1 saturated carbocycles. The van der Waals surface area contributed by atoms with Crippen molar-refractivity contribution in [3.05, 3.63) is 12.4 Å². The Balaban J connectivity index is 1.39. The summed E-state index contributed by atoms with van der Waals surface area (Å²) >= 11 is 0. The fourth-order valence-electron chi connectivity index (χ4n) is 5.15. The van der Waals surface area contributed by atoms with Crippen LogP contribution in [0.4, 0.5) is 5.69 Å². The number of rotatable bonds is 4. The molecule has 4 atom stereocenters. The zero-order chi connectivity index (χ0) is 19.0. The molecule has 0 radical (unpaired) electrons. The number of aromatic nitrogens is 2. The molecule has 0 aromatic carbocycles. The highest BCUT2D eigenvalue weighted by atomic mass is 16.5.